The first-order chi connectivity index (χ1) is 56.5. The van der Waals surface area contributed by atoms with Crippen LogP contribution in [0.4, 0.5) is 10.7 Å². The van der Waals surface area contributed by atoms with Crippen molar-refractivity contribution >= 4 is 113 Å². The fraction of sp³-hybridized carbons (Fsp3) is 0.476. The average molecular weight is 1680 g/mol. The first-order valence-electron chi connectivity index (χ1n) is 39.8. The number of benzene rings is 4. The number of esters is 3. The molecule has 0 saturated carbocycles. The van der Waals surface area contributed by atoms with Crippen LogP contribution in [0.3, 0.4) is 0 Å². The summed E-state index contributed by atoms with van der Waals surface area (Å²) in [6, 6.07) is 36.0. The number of thioether (sulfide) groups is 1. The topological polar surface area (TPSA) is 336 Å². The van der Waals surface area contributed by atoms with Crippen LogP contribution in [-0.4, -0.2) is 180 Å². The second-order valence-electron chi connectivity index (χ2n) is 28.9. The molecule has 3 amide bonds. The summed E-state index contributed by atoms with van der Waals surface area (Å²) >= 11 is 1.81. The maximum absolute atomic E-state index is 14.1. The third-order valence-corrected chi connectivity index (χ3v) is 27.8. The minimum absolute atomic E-state index is 0.0353. The largest absolute Gasteiger partial charge is 0.457 e. The monoisotopic (exact) mass is 1680 g/mol. The number of urea groups is 1. The van der Waals surface area contributed by atoms with E-state index in [0.717, 1.165) is 55.3 Å². The van der Waals surface area contributed by atoms with Gasteiger partial charge in [0.05, 0.1) is 106 Å². The van der Waals surface area contributed by atoms with Gasteiger partial charge in [-0.05, 0) is 98.5 Å². The molecule has 4 aliphatic rings. The van der Waals surface area contributed by atoms with E-state index in [-0.39, 0.29) is 94.3 Å². The van der Waals surface area contributed by atoms with Gasteiger partial charge in [0.2, 0.25) is 17.5 Å². The molecule has 0 radical (unpaired) electrons. The zero-order chi connectivity index (χ0) is 81.0. The maximum Gasteiger partial charge on any atom is 0.355 e. The number of cyclic esters (lactones) is 1. The van der Waals surface area contributed by atoms with Gasteiger partial charge in [-0.15, -0.1) is 5.10 Å². The second-order valence-corrected chi connectivity index (χ2v) is 35.5. The fourth-order valence-corrected chi connectivity index (χ4v) is 20.3. The predicted molar refractivity (Wildman–Crippen MR) is 449 cm³/mol. The molecule has 0 spiro atoms. The van der Waals surface area contributed by atoms with Gasteiger partial charge in [0.15, 0.2) is 0 Å². The molecule has 32 heteroatoms. The van der Waals surface area contributed by atoms with Crippen molar-refractivity contribution in [1.82, 2.24) is 55.4 Å². The molecule has 8 heterocycles. The molecule has 4 aliphatic heterocycles. The molecule has 4 aromatic heterocycles. The Balaban J connectivity index is 0.504. The van der Waals surface area contributed by atoms with Crippen molar-refractivity contribution in [3.05, 3.63) is 177 Å². The Kier molecular flexibility index (Phi) is 33.0. The van der Waals surface area contributed by atoms with Crippen LogP contribution in [0.1, 0.15) is 143 Å². The van der Waals surface area contributed by atoms with E-state index in [0.29, 0.717) is 203 Å². The predicted octanol–water partition coefficient (Wildman–Crippen LogP) is 12.0. The van der Waals surface area contributed by atoms with Gasteiger partial charge < -0.3 is 59.0 Å². The molecule has 27 nitrogen and oxygen atoms in total. The van der Waals surface area contributed by atoms with Crippen LogP contribution >= 0.6 is 54.9 Å². The normalized spacial score (nSPS) is 17.0. The second kappa shape index (κ2) is 44.2. The molecule has 0 bridgehead atoms. The number of amides is 3. The third kappa shape index (κ3) is 25.2. The number of aromatic nitrogens is 8. The Morgan fingerprint density at radius 3 is 2.07 bits per heavy atom. The van der Waals surface area contributed by atoms with Gasteiger partial charge in [0.25, 0.3) is 5.56 Å². The first-order valence-corrected chi connectivity index (χ1v) is 45.3. The Labute approximate surface area is 694 Å². The third-order valence-electron chi connectivity index (χ3n) is 20.2. The molecule has 6 atom stereocenters. The summed E-state index contributed by atoms with van der Waals surface area (Å²) in [5.74, 6) is 1.60. The number of nitrogens with zero attached hydrogens (tertiary/aromatic N) is 8. The summed E-state index contributed by atoms with van der Waals surface area (Å²) in [5, 5.41) is 22.5. The van der Waals surface area contributed by atoms with Crippen LogP contribution in [0.15, 0.2) is 136 Å². The summed E-state index contributed by atoms with van der Waals surface area (Å²) in [6.45, 7) is 10.6. The molecule has 2 saturated heterocycles. The van der Waals surface area contributed by atoms with E-state index in [9.17, 15) is 38.4 Å². The van der Waals surface area contributed by atoms with Gasteiger partial charge in [-0.25, -0.2) is 24.2 Å². The quantitative estimate of drug-likeness (QED) is 0.00904. The van der Waals surface area contributed by atoms with Gasteiger partial charge in [-0.1, -0.05) is 142 Å². The van der Waals surface area contributed by atoms with E-state index in [1.165, 1.54) is 10.8 Å². The SMILES string of the molecule is CC[C@@]1(OC(=O)Cc2ccccc2SSC(C)CCC(=O)CCCOCCOCCOCCn2cc(CCc3nc(CCCNC(=O)CCC(C)SSc4ccccc4CC(=O)Oc4ccccc4)nc(NCCOCCCC(=O)CC[C@@H]4SC[C@@H]5NC(=O)N[C@@H]54)n3)nn2)C(=O)OCc2c1cc1n(c2=O)Cc2cc3ccccc3nc2-1. The number of aryl methyl sites for hydroxylation is 3. The van der Waals surface area contributed by atoms with E-state index in [1.807, 2.05) is 103 Å². The highest BCUT2D eigenvalue weighted by molar-refractivity contribution is 8.77. The minimum atomic E-state index is -1.82. The lowest BCUT2D eigenvalue weighted by Crippen LogP contribution is -2.47. The zero-order valence-electron chi connectivity index (χ0n) is 65.6. The molecule has 8 aromatic rings. The van der Waals surface area contributed by atoms with Crippen LogP contribution in [0.5, 0.6) is 5.75 Å². The number of pyridine rings is 2. The molecular weight excluding hydrogens is 1580 g/mol. The standard InChI is InChI=1S/C84H100N12O15S5/c1-4-84(66-50-69-78-60(47-57-17-8-11-24-67(57)87-78)51-96(69)80(102)65(66)53-109-81(84)103)111-77(101)49-59-19-10-13-26-71(59)116-113-55(2)28-31-62(97)20-16-40-106-43-45-108-46-44-107-42-38-95-52-61(93-94-95)30-34-74-89-73(90-82(91-74)86-37-41-105-39-15-21-63(98)32-33-72-79-68(54-112-72)88-83(104)92-79)27-14-36-85-75(99)35-29-56(3)114-115-70-25-12-9-18-58(70)48-76(100)110-64-22-6-5-7-23-64/h5-13,17-19,22-26,47,50,52,55-56,68,72,79H,4,14-16,20-21,27-46,48-49,51,53-54H2,1-3H3,(H,85,99)(H2,88,92,104)(H,86,89,90,91)/t55?,56?,68-,72-,79-,84-/m0/s1. The molecular formula is C84H100N12O15S5. The lowest BCUT2D eigenvalue weighted by Gasteiger charge is -2.35. The number of anilines is 1. The van der Waals surface area contributed by atoms with Gasteiger partial charge in [-0.3, -0.25) is 28.8 Å². The number of ether oxygens (including phenoxy) is 7. The van der Waals surface area contributed by atoms with Crippen LogP contribution in [-0.2, 0) is 115 Å². The smallest absolute Gasteiger partial charge is 0.355 e. The lowest BCUT2D eigenvalue weighted by atomic mass is 9.85. The molecule has 12 rings (SSSR count). The fourth-order valence-electron chi connectivity index (χ4n) is 13.9. The Hall–Kier alpha value is -8.73. The van der Waals surface area contributed by atoms with Crippen LogP contribution in [0, 0.1) is 0 Å². The number of nitrogens with one attached hydrogen (secondary N) is 4. The molecule has 616 valence electrons. The van der Waals surface area contributed by atoms with Gasteiger partial charge in [-0.2, -0.15) is 21.7 Å². The maximum atomic E-state index is 14.1. The van der Waals surface area contributed by atoms with E-state index >= 15 is 0 Å². The van der Waals surface area contributed by atoms with Crippen LogP contribution < -0.4 is 31.6 Å². The minimum Gasteiger partial charge on any atom is -0.457 e. The molecule has 116 heavy (non-hydrogen) atoms. The van der Waals surface area contributed by atoms with Crippen molar-refractivity contribution in [1.29, 1.82) is 0 Å². The molecule has 0 aliphatic carbocycles. The number of Topliss-reactive ketones (excluding diaryl/α,β-unsaturated/α-hetero) is 2. The summed E-state index contributed by atoms with van der Waals surface area (Å²) < 4.78 is 43.9. The summed E-state index contributed by atoms with van der Waals surface area (Å²) in [5.41, 5.74) is 3.76. The van der Waals surface area contributed by atoms with Crippen molar-refractivity contribution in [2.24, 2.45) is 0 Å². The number of ketones is 2. The highest BCUT2D eigenvalue weighted by atomic mass is 33.1. The van der Waals surface area contributed by atoms with E-state index in [1.54, 1.807) is 78.5 Å². The highest BCUT2D eigenvalue weighted by Gasteiger charge is 2.51. The molecule has 4 aromatic carbocycles. The van der Waals surface area contributed by atoms with Gasteiger partial charge in [0.1, 0.15) is 35.6 Å². The van der Waals surface area contributed by atoms with Crippen molar-refractivity contribution in [3.63, 3.8) is 0 Å². The Bertz CT molecular complexity index is 4750. The van der Waals surface area contributed by atoms with Gasteiger partial charge in [0, 0.05) is 132 Å². The van der Waals surface area contributed by atoms with Crippen molar-refractivity contribution in [2.75, 3.05) is 77.0 Å². The lowest BCUT2D eigenvalue weighted by molar-refractivity contribution is -0.189. The van der Waals surface area contributed by atoms with Crippen LogP contribution in [0.25, 0.3) is 22.3 Å². The van der Waals surface area contributed by atoms with Crippen molar-refractivity contribution < 1.29 is 66.7 Å². The Morgan fingerprint density at radius 1 is 0.672 bits per heavy atom. The summed E-state index contributed by atoms with van der Waals surface area (Å²) in [7, 11) is 6.41. The number of hydrogen-bond donors (Lipinski definition) is 4. The highest BCUT2D eigenvalue weighted by Crippen LogP contribution is 2.44. The number of hydrogen-bond acceptors (Lipinski definition) is 27. The first kappa shape index (κ1) is 86.6. The van der Waals surface area contributed by atoms with Gasteiger partial charge >= 0.3 is 23.9 Å². The zero-order valence-corrected chi connectivity index (χ0v) is 69.7. The number of carbonyl (C=O) groups excluding carboxylic acids is 7. The van der Waals surface area contributed by atoms with Crippen molar-refractivity contribution in [2.45, 2.75) is 193 Å². The average Bonchev–Trinajstić information content (AvgIpc) is 1.50. The van der Waals surface area contributed by atoms with E-state index in [2.05, 4.69) is 45.4 Å². The van der Waals surface area contributed by atoms with E-state index < -0.39 is 17.5 Å². The van der Waals surface area contributed by atoms with Crippen molar-refractivity contribution in [3.8, 4) is 17.1 Å². The van der Waals surface area contributed by atoms with E-state index in [4.69, 9.17) is 53.1 Å². The molecule has 4 N–H and O–H groups in total. The number of fused-ring (bicyclic) bond motifs is 6. The van der Waals surface area contributed by atoms with Crippen LogP contribution in [0.2, 0.25) is 0 Å². The summed E-state index contributed by atoms with van der Waals surface area (Å²) in [4.78, 5) is 126. The number of para-hydroxylation sites is 2. The molecule has 2 fully saturated rings. The molecule has 2 unspecified atom stereocenters. The summed E-state index contributed by atoms with van der Waals surface area (Å²) in [6.07, 6.45) is 9.52. The number of rotatable bonds is 50. The Morgan fingerprint density at radius 2 is 1.33 bits per heavy atom. The number of carbonyl (C=O) groups is 7.